The fourth-order valence-corrected chi connectivity index (χ4v) is 2.30. The molecule has 0 aliphatic carbocycles. The van der Waals surface area contributed by atoms with Crippen LogP contribution in [-0.2, 0) is 9.84 Å². The van der Waals surface area contributed by atoms with E-state index >= 15 is 0 Å². The molecule has 1 rings (SSSR count). The van der Waals surface area contributed by atoms with E-state index < -0.39 is 9.84 Å². The second-order valence-electron chi connectivity index (χ2n) is 2.72. The first-order valence-corrected chi connectivity index (χ1v) is 5.50. The normalized spacial score (nSPS) is 27.5. The summed E-state index contributed by atoms with van der Waals surface area (Å²) in [6.07, 6.45) is 2.75. The lowest BCUT2D eigenvalue weighted by Crippen LogP contribution is -2.30. The first-order chi connectivity index (χ1) is 5.14. The molecule has 1 heterocycles. The topological polar surface area (TPSA) is 46.2 Å². The molecule has 1 aliphatic heterocycles. The molecule has 3 nitrogen and oxygen atoms in total. The Bertz CT molecular complexity index is 243. The van der Waals surface area contributed by atoms with Crippen LogP contribution in [0.25, 0.3) is 0 Å². The van der Waals surface area contributed by atoms with Gasteiger partial charge in [0.2, 0.25) is 0 Å². The highest BCUT2D eigenvalue weighted by Gasteiger charge is 2.20. The van der Waals surface area contributed by atoms with Crippen LogP contribution in [0.4, 0.5) is 0 Å². The lowest BCUT2D eigenvalue weighted by atomic mass is 10.3. The van der Waals surface area contributed by atoms with Gasteiger partial charge in [0.05, 0.1) is 5.75 Å². The number of rotatable bonds is 3. The van der Waals surface area contributed by atoms with Crippen LogP contribution < -0.4 is 5.32 Å². The summed E-state index contributed by atoms with van der Waals surface area (Å²) < 4.78 is 21.8. The van der Waals surface area contributed by atoms with Crippen LogP contribution in [0.15, 0.2) is 11.5 Å². The first kappa shape index (κ1) is 8.74. The molecule has 11 heavy (non-hydrogen) atoms. The monoisotopic (exact) mass is 175 g/mol. The van der Waals surface area contributed by atoms with Crippen molar-refractivity contribution in [2.75, 3.05) is 12.3 Å². The Morgan fingerprint density at radius 2 is 2.36 bits per heavy atom. The largest absolute Gasteiger partial charge is 0.310 e. The summed E-state index contributed by atoms with van der Waals surface area (Å²) in [5, 5.41) is 4.41. The molecule has 4 heteroatoms. The highest BCUT2D eigenvalue weighted by atomic mass is 32.2. The summed E-state index contributed by atoms with van der Waals surface area (Å²) in [7, 11) is -2.87. The van der Waals surface area contributed by atoms with Gasteiger partial charge in [-0.05, 0) is 13.0 Å². The molecule has 0 spiro atoms. The Morgan fingerprint density at radius 3 is 2.82 bits per heavy atom. The molecule has 0 aromatic rings. The van der Waals surface area contributed by atoms with Crippen LogP contribution in [0.1, 0.15) is 13.3 Å². The highest BCUT2D eigenvalue weighted by Crippen LogP contribution is 2.07. The molecule has 1 atom stereocenters. The molecule has 1 aliphatic rings. The average molecular weight is 175 g/mol. The maximum atomic E-state index is 10.9. The highest BCUT2D eigenvalue weighted by molar-refractivity contribution is 7.94. The van der Waals surface area contributed by atoms with Crippen LogP contribution in [0.2, 0.25) is 0 Å². The maximum absolute atomic E-state index is 10.9. The minimum atomic E-state index is -2.87. The van der Waals surface area contributed by atoms with Crippen molar-refractivity contribution in [2.24, 2.45) is 0 Å². The van der Waals surface area contributed by atoms with Gasteiger partial charge in [-0.2, -0.15) is 0 Å². The average Bonchev–Trinajstić information content (AvgIpc) is 2.26. The second-order valence-corrected chi connectivity index (χ2v) is 4.65. The van der Waals surface area contributed by atoms with Gasteiger partial charge in [-0.15, -0.1) is 0 Å². The zero-order valence-electron chi connectivity index (χ0n) is 6.58. The van der Waals surface area contributed by atoms with Gasteiger partial charge in [0.15, 0.2) is 9.84 Å². The Labute approximate surface area is 67.4 Å². The molecule has 0 saturated carbocycles. The van der Waals surface area contributed by atoms with Gasteiger partial charge in [0.25, 0.3) is 0 Å². The van der Waals surface area contributed by atoms with E-state index in [0.717, 1.165) is 13.0 Å². The standard InChI is InChI=1S/C7H13NO2S/c1-2-4-8-7-3-5-11(9,10)6-7/h3,5,7-8H,2,4,6H2,1H3. The quantitative estimate of drug-likeness (QED) is 0.671. The van der Waals surface area contributed by atoms with Gasteiger partial charge >= 0.3 is 0 Å². The smallest absolute Gasteiger partial charge is 0.173 e. The molecule has 0 amide bonds. The number of nitrogens with one attached hydrogen (secondary N) is 1. The lowest BCUT2D eigenvalue weighted by molar-refractivity contribution is 0.589. The lowest BCUT2D eigenvalue weighted by Gasteiger charge is -2.06. The van der Waals surface area contributed by atoms with Gasteiger partial charge in [-0.1, -0.05) is 13.0 Å². The first-order valence-electron chi connectivity index (χ1n) is 3.78. The van der Waals surface area contributed by atoms with Gasteiger partial charge in [0.1, 0.15) is 0 Å². The number of hydrogen-bond donors (Lipinski definition) is 1. The SMILES string of the molecule is CCCNC1C=CS(=O)(=O)C1. The molecular weight excluding hydrogens is 162 g/mol. The summed E-state index contributed by atoms with van der Waals surface area (Å²) in [5.74, 6) is 0.229. The van der Waals surface area contributed by atoms with Crippen LogP contribution in [-0.4, -0.2) is 26.8 Å². The third-order valence-electron chi connectivity index (χ3n) is 1.59. The third-order valence-corrected chi connectivity index (χ3v) is 2.98. The molecule has 0 fully saturated rings. The van der Waals surface area contributed by atoms with Gasteiger partial charge in [0, 0.05) is 11.4 Å². The fraction of sp³-hybridized carbons (Fsp3) is 0.714. The second kappa shape index (κ2) is 3.36. The molecule has 64 valence electrons. The van der Waals surface area contributed by atoms with Crippen LogP contribution in [0.3, 0.4) is 0 Å². The van der Waals surface area contributed by atoms with E-state index in [1.807, 2.05) is 0 Å². The molecule has 0 radical (unpaired) electrons. The molecule has 0 aromatic heterocycles. The van der Waals surface area contributed by atoms with Crippen molar-refractivity contribution in [1.82, 2.24) is 5.32 Å². The van der Waals surface area contributed by atoms with E-state index in [1.165, 1.54) is 5.41 Å². The van der Waals surface area contributed by atoms with E-state index in [2.05, 4.69) is 12.2 Å². The zero-order valence-corrected chi connectivity index (χ0v) is 7.39. The predicted octanol–water partition coefficient (Wildman–Crippen LogP) is 0.297. The van der Waals surface area contributed by atoms with E-state index in [9.17, 15) is 8.42 Å². The summed E-state index contributed by atoms with van der Waals surface area (Å²) in [5.41, 5.74) is 0. The van der Waals surface area contributed by atoms with E-state index in [0.29, 0.717) is 0 Å². The van der Waals surface area contributed by atoms with Crippen molar-refractivity contribution in [2.45, 2.75) is 19.4 Å². The van der Waals surface area contributed by atoms with Gasteiger partial charge in [-0.3, -0.25) is 0 Å². The molecule has 1 unspecified atom stereocenters. The van der Waals surface area contributed by atoms with Crippen LogP contribution in [0.5, 0.6) is 0 Å². The van der Waals surface area contributed by atoms with E-state index in [1.54, 1.807) is 6.08 Å². The van der Waals surface area contributed by atoms with Gasteiger partial charge in [-0.25, -0.2) is 8.42 Å². The Balaban J connectivity index is 2.39. The number of hydrogen-bond acceptors (Lipinski definition) is 3. The van der Waals surface area contributed by atoms with Crippen molar-refractivity contribution in [1.29, 1.82) is 0 Å². The Morgan fingerprint density at radius 1 is 1.64 bits per heavy atom. The minimum absolute atomic E-state index is 0.0416. The molecule has 0 saturated heterocycles. The molecular formula is C7H13NO2S. The van der Waals surface area contributed by atoms with Crippen molar-refractivity contribution < 1.29 is 8.42 Å². The maximum Gasteiger partial charge on any atom is 0.173 e. The molecule has 0 bridgehead atoms. The zero-order chi connectivity index (χ0) is 8.32. The third kappa shape index (κ3) is 2.63. The van der Waals surface area contributed by atoms with Crippen molar-refractivity contribution in [3.05, 3.63) is 11.5 Å². The molecule has 1 N–H and O–H groups in total. The Hall–Kier alpha value is -0.350. The Kier molecular flexibility index (Phi) is 2.67. The van der Waals surface area contributed by atoms with Crippen molar-refractivity contribution in [3.63, 3.8) is 0 Å². The van der Waals surface area contributed by atoms with Crippen LogP contribution >= 0.6 is 0 Å². The van der Waals surface area contributed by atoms with Crippen molar-refractivity contribution >= 4 is 9.84 Å². The summed E-state index contributed by atoms with van der Waals surface area (Å²) in [4.78, 5) is 0. The molecule has 0 aromatic carbocycles. The minimum Gasteiger partial charge on any atom is -0.310 e. The van der Waals surface area contributed by atoms with Crippen molar-refractivity contribution in [3.8, 4) is 0 Å². The van der Waals surface area contributed by atoms with E-state index in [4.69, 9.17) is 0 Å². The summed E-state index contributed by atoms with van der Waals surface area (Å²) >= 11 is 0. The fourth-order valence-electron chi connectivity index (χ4n) is 1.03. The number of sulfone groups is 1. The van der Waals surface area contributed by atoms with Crippen LogP contribution in [0, 0.1) is 0 Å². The predicted molar refractivity (Wildman–Crippen MR) is 45.0 cm³/mol. The van der Waals surface area contributed by atoms with Gasteiger partial charge < -0.3 is 5.32 Å². The van der Waals surface area contributed by atoms with E-state index in [-0.39, 0.29) is 11.8 Å². The summed E-state index contributed by atoms with van der Waals surface area (Å²) in [6.45, 7) is 2.94. The summed E-state index contributed by atoms with van der Waals surface area (Å²) in [6, 6.07) is 0.0416.